The van der Waals surface area contributed by atoms with Crippen molar-refractivity contribution in [3.05, 3.63) is 95.9 Å². The fourth-order valence-electron chi connectivity index (χ4n) is 5.29. The monoisotopic (exact) mass is 469 g/mol. The van der Waals surface area contributed by atoms with E-state index in [0.717, 1.165) is 51.0 Å². The lowest BCUT2D eigenvalue weighted by atomic mass is 9.90. The summed E-state index contributed by atoms with van der Waals surface area (Å²) in [5, 5.41) is 0. The van der Waals surface area contributed by atoms with Crippen LogP contribution in [0, 0.1) is 0 Å². The molecule has 0 N–H and O–H groups in total. The fourth-order valence-corrected chi connectivity index (χ4v) is 5.29. The van der Waals surface area contributed by atoms with Crippen molar-refractivity contribution in [3.63, 3.8) is 0 Å². The Kier molecular flexibility index (Phi) is 6.86. The highest BCUT2D eigenvalue weighted by atomic mass is 16.2. The summed E-state index contributed by atoms with van der Waals surface area (Å²) in [5.74, 6) is 0.645. The summed E-state index contributed by atoms with van der Waals surface area (Å²) in [4.78, 5) is 38.6. The molecular weight excluding hydrogens is 438 g/mol. The molecule has 2 aromatic heterocycles. The summed E-state index contributed by atoms with van der Waals surface area (Å²) in [6.45, 7) is 6.58. The van der Waals surface area contributed by atoms with E-state index < -0.39 is 0 Å². The molecule has 0 radical (unpaired) electrons. The molecule has 0 fully saturated rings. The zero-order chi connectivity index (χ0) is 24.2. The molecule has 0 saturated heterocycles. The van der Waals surface area contributed by atoms with Crippen molar-refractivity contribution in [3.8, 4) is 0 Å². The minimum Gasteiger partial charge on any atom is -0.330 e. The lowest BCUT2D eigenvalue weighted by Crippen LogP contribution is -2.34. The number of aryl methyl sites for hydroxylation is 1. The number of nitrogens with zero attached hydrogens (tertiary/aromatic N) is 5. The van der Waals surface area contributed by atoms with Crippen LogP contribution in [0.1, 0.15) is 69.5 Å². The van der Waals surface area contributed by atoms with E-state index in [4.69, 9.17) is 4.98 Å². The first-order chi connectivity index (χ1) is 17.2. The third-order valence-corrected chi connectivity index (χ3v) is 7.03. The van der Waals surface area contributed by atoms with E-state index in [1.807, 2.05) is 30.7 Å². The summed E-state index contributed by atoms with van der Waals surface area (Å²) < 4.78 is 2.13. The van der Waals surface area contributed by atoms with Crippen LogP contribution in [0.15, 0.2) is 67.6 Å². The maximum absolute atomic E-state index is 12.7. The van der Waals surface area contributed by atoms with Crippen LogP contribution in [0.4, 0.5) is 0 Å². The molecule has 1 aliphatic carbocycles. The number of imidazole rings is 1. The minimum absolute atomic E-state index is 0.181. The molecular formula is C28H31N5O2. The average molecular weight is 470 g/mol. The smallest absolute Gasteiger partial charge is 0.261 e. The van der Waals surface area contributed by atoms with Crippen LogP contribution in [0.3, 0.4) is 0 Å². The van der Waals surface area contributed by atoms with Gasteiger partial charge in [0.25, 0.3) is 11.8 Å². The predicted octanol–water partition coefficient (Wildman–Crippen LogP) is 4.42. The van der Waals surface area contributed by atoms with Crippen LogP contribution in [0.25, 0.3) is 0 Å². The lowest BCUT2D eigenvalue weighted by Gasteiger charge is -2.35. The molecule has 2 aliphatic rings. The van der Waals surface area contributed by atoms with Crippen LogP contribution in [-0.2, 0) is 19.5 Å². The van der Waals surface area contributed by atoms with Crippen LogP contribution < -0.4 is 0 Å². The second-order valence-corrected chi connectivity index (χ2v) is 9.23. The van der Waals surface area contributed by atoms with Gasteiger partial charge in [0.05, 0.1) is 29.4 Å². The number of hydrogen-bond acceptors (Lipinski definition) is 5. The standard InChI is InChI=1S/C28H31N5O2/c1-2-16-31-19-15-29-25(31)20-32(24-13-7-9-21-10-8-14-30-26(21)24)17-5-6-18-33-27(34)22-11-3-4-12-23(22)28(33)35/h2-4,8,10-12,14-15,19,24H,1,5-7,9,13,16-18,20H2. The number of rotatable bonds is 10. The van der Waals surface area contributed by atoms with E-state index in [1.165, 1.54) is 16.2 Å². The van der Waals surface area contributed by atoms with Gasteiger partial charge in [-0.2, -0.15) is 0 Å². The van der Waals surface area contributed by atoms with Crippen molar-refractivity contribution in [1.29, 1.82) is 0 Å². The van der Waals surface area contributed by atoms with Gasteiger partial charge in [0, 0.05) is 31.7 Å². The van der Waals surface area contributed by atoms with E-state index in [9.17, 15) is 9.59 Å². The summed E-state index contributed by atoms with van der Waals surface area (Å²) in [7, 11) is 0. The number of carbonyl (C=O) groups excluding carboxylic acids is 2. The molecule has 5 rings (SSSR count). The van der Waals surface area contributed by atoms with Crippen LogP contribution >= 0.6 is 0 Å². The van der Waals surface area contributed by atoms with Crippen molar-refractivity contribution < 1.29 is 9.59 Å². The Morgan fingerprint density at radius 1 is 1.03 bits per heavy atom. The van der Waals surface area contributed by atoms with Crippen molar-refractivity contribution >= 4 is 11.8 Å². The van der Waals surface area contributed by atoms with E-state index in [1.54, 1.807) is 24.3 Å². The van der Waals surface area contributed by atoms with Crippen molar-refractivity contribution in [2.45, 2.75) is 51.2 Å². The molecule has 0 saturated carbocycles. The van der Waals surface area contributed by atoms with Crippen LogP contribution in [0.5, 0.6) is 0 Å². The van der Waals surface area contributed by atoms with E-state index >= 15 is 0 Å². The molecule has 7 nitrogen and oxygen atoms in total. The van der Waals surface area contributed by atoms with Crippen molar-refractivity contribution in [2.75, 3.05) is 13.1 Å². The number of benzene rings is 1. The van der Waals surface area contributed by atoms with Gasteiger partial charge in [-0.25, -0.2) is 4.98 Å². The van der Waals surface area contributed by atoms with Crippen molar-refractivity contribution in [1.82, 2.24) is 24.3 Å². The molecule has 1 unspecified atom stereocenters. The third kappa shape index (κ3) is 4.68. The molecule has 180 valence electrons. The molecule has 35 heavy (non-hydrogen) atoms. The summed E-state index contributed by atoms with van der Waals surface area (Å²) in [5.41, 5.74) is 3.52. The Hall–Kier alpha value is -3.58. The highest BCUT2D eigenvalue weighted by molar-refractivity contribution is 6.21. The number of hydrogen-bond donors (Lipinski definition) is 0. The SMILES string of the molecule is C=CCn1ccnc1CN(CCCCN1C(=O)c2ccccc2C1=O)C1CCCc2cccnc21. The Labute approximate surface area is 206 Å². The van der Waals surface area contributed by atoms with Gasteiger partial charge in [-0.1, -0.05) is 24.3 Å². The topological polar surface area (TPSA) is 71.3 Å². The molecule has 1 atom stereocenters. The maximum atomic E-state index is 12.7. The Bertz CT molecular complexity index is 1200. The number of pyridine rings is 1. The van der Waals surface area contributed by atoms with Gasteiger partial charge in [-0.3, -0.25) is 24.4 Å². The van der Waals surface area contributed by atoms with Crippen LogP contribution in [-0.4, -0.2) is 49.2 Å². The summed E-state index contributed by atoms with van der Waals surface area (Å²) >= 11 is 0. The van der Waals surface area contributed by atoms with Crippen molar-refractivity contribution in [2.24, 2.45) is 0 Å². The molecule has 7 heteroatoms. The largest absolute Gasteiger partial charge is 0.330 e. The molecule has 3 aromatic rings. The number of carbonyl (C=O) groups is 2. The summed E-state index contributed by atoms with van der Waals surface area (Å²) in [6.07, 6.45) is 12.5. The number of unbranched alkanes of at least 4 members (excludes halogenated alkanes) is 1. The molecule has 0 spiro atoms. The zero-order valence-corrected chi connectivity index (χ0v) is 20.0. The maximum Gasteiger partial charge on any atom is 0.261 e. The molecule has 1 aliphatic heterocycles. The van der Waals surface area contributed by atoms with E-state index in [-0.39, 0.29) is 17.9 Å². The Morgan fingerprint density at radius 3 is 2.60 bits per heavy atom. The quantitative estimate of drug-likeness (QED) is 0.250. The lowest BCUT2D eigenvalue weighted by molar-refractivity contribution is 0.0648. The number of amides is 2. The number of fused-ring (bicyclic) bond motifs is 2. The van der Waals surface area contributed by atoms with Gasteiger partial charge in [0.2, 0.25) is 0 Å². The van der Waals surface area contributed by atoms with Gasteiger partial charge in [-0.05, 0) is 62.4 Å². The number of aromatic nitrogens is 3. The first-order valence-corrected chi connectivity index (χ1v) is 12.4. The Balaban J connectivity index is 1.28. The second kappa shape index (κ2) is 10.4. The molecule has 2 amide bonds. The van der Waals surface area contributed by atoms with Gasteiger partial charge in [0.1, 0.15) is 5.82 Å². The van der Waals surface area contributed by atoms with Gasteiger partial charge < -0.3 is 4.57 Å². The second-order valence-electron chi connectivity index (χ2n) is 9.23. The fraction of sp³-hybridized carbons (Fsp3) is 0.357. The molecule has 3 heterocycles. The zero-order valence-electron chi connectivity index (χ0n) is 20.0. The summed E-state index contributed by atoms with van der Waals surface area (Å²) in [6, 6.07) is 11.5. The average Bonchev–Trinajstić information content (AvgIpc) is 3.43. The molecule has 0 bridgehead atoms. The normalized spacial score (nSPS) is 17.1. The first kappa shape index (κ1) is 23.2. The van der Waals surface area contributed by atoms with Gasteiger partial charge >= 0.3 is 0 Å². The third-order valence-electron chi connectivity index (χ3n) is 7.03. The van der Waals surface area contributed by atoms with Crippen LogP contribution in [0.2, 0.25) is 0 Å². The highest BCUT2D eigenvalue weighted by Gasteiger charge is 2.34. The van der Waals surface area contributed by atoms with Gasteiger partial charge in [-0.15, -0.1) is 6.58 Å². The highest BCUT2D eigenvalue weighted by Crippen LogP contribution is 2.34. The predicted molar refractivity (Wildman–Crippen MR) is 134 cm³/mol. The molecule has 1 aromatic carbocycles. The van der Waals surface area contributed by atoms with E-state index in [2.05, 4.69) is 27.1 Å². The Morgan fingerprint density at radius 2 is 1.83 bits per heavy atom. The van der Waals surface area contributed by atoms with Gasteiger partial charge in [0.15, 0.2) is 0 Å². The minimum atomic E-state index is -0.181. The number of imide groups is 1. The first-order valence-electron chi connectivity index (χ1n) is 12.4. The number of allylic oxidation sites excluding steroid dienone is 1. The van der Waals surface area contributed by atoms with E-state index in [0.29, 0.717) is 24.2 Å².